The van der Waals surface area contributed by atoms with Gasteiger partial charge in [0.25, 0.3) is 0 Å². The molecule has 0 spiro atoms. The Bertz CT molecular complexity index is 915. The molecule has 0 bridgehead atoms. The van der Waals surface area contributed by atoms with Crippen LogP contribution in [-0.2, 0) is 10.1 Å². The first-order valence-corrected chi connectivity index (χ1v) is 8.40. The SMILES string of the molecule is Cc1ccc(S(=O)(=O)Oc2cc(C)ccc2C(=O)CN=[N+]=[N-])cc1. The van der Waals surface area contributed by atoms with Crippen LogP contribution in [0.1, 0.15) is 21.5 Å². The molecule has 0 amide bonds. The molecular formula is C16H15N3O4S. The fourth-order valence-electron chi connectivity index (χ4n) is 1.98. The summed E-state index contributed by atoms with van der Waals surface area (Å²) < 4.78 is 30.0. The van der Waals surface area contributed by atoms with Crippen molar-refractivity contribution in [3.8, 4) is 5.75 Å². The third kappa shape index (κ3) is 4.13. The average Bonchev–Trinajstić information content (AvgIpc) is 2.52. The highest BCUT2D eigenvalue weighted by molar-refractivity contribution is 7.87. The maximum atomic E-state index is 12.4. The van der Waals surface area contributed by atoms with Gasteiger partial charge in [0.05, 0.1) is 12.1 Å². The number of carbonyl (C=O) groups is 1. The van der Waals surface area contributed by atoms with Crippen LogP contribution in [0.3, 0.4) is 0 Å². The number of Topliss-reactive ketones (excluding diaryl/α,β-unsaturated/α-hetero) is 1. The summed E-state index contributed by atoms with van der Waals surface area (Å²) in [6, 6.07) is 10.7. The lowest BCUT2D eigenvalue weighted by Gasteiger charge is -2.11. The monoisotopic (exact) mass is 345 g/mol. The molecule has 0 radical (unpaired) electrons. The summed E-state index contributed by atoms with van der Waals surface area (Å²) in [5, 5.41) is 3.20. The standard InChI is InChI=1S/C16H15N3O4S/c1-11-3-6-13(7-4-11)24(21,22)23-16-9-12(2)5-8-14(16)15(20)10-18-19-17/h3-9H,10H2,1-2H3. The number of hydrogen-bond donors (Lipinski definition) is 0. The second-order valence-corrected chi connectivity index (χ2v) is 6.71. The van der Waals surface area contributed by atoms with Crippen LogP contribution in [0, 0.1) is 13.8 Å². The van der Waals surface area contributed by atoms with E-state index in [-0.39, 0.29) is 16.2 Å². The molecule has 0 aromatic heterocycles. The summed E-state index contributed by atoms with van der Waals surface area (Å²) in [5.74, 6) is -0.615. The summed E-state index contributed by atoms with van der Waals surface area (Å²) in [4.78, 5) is 14.6. The number of ketones is 1. The normalized spacial score (nSPS) is 10.8. The minimum absolute atomic E-state index is 0.0111. The minimum atomic E-state index is -4.08. The molecule has 2 aromatic carbocycles. The van der Waals surface area contributed by atoms with Gasteiger partial charge in [-0.3, -0.25) is 4.79 Å². The molecule has 124 valence electrons. The highest BCUT2D eigenvalue weighted by Gasteiger charge is 2.21. The van der Waals surface area contributed by atoms with Crippen LogP contribution in [0.4, 0.5) is 0 Å². The van der Waals surface area contributed by atoms with Gasteiger partial charge in [0, 0.05) is 4.91 Å². The predicted molar refractivity (Wildman–Crippen MR) is 88.5 cm³/mol. The van der Waals surface area contributed by atoms with Crippen molar-refractivity contribution in [1.29, 1.82) is 0 Å². The first-order chi connectivity index (χ1) is 11.3. The Hall–Kier alpha value is -2.83. The Labute approximate surface area is 139 Å². The van der Waals surface area contributed by atoms with Crippen LogP contribution in [0.5, 0.6) is 5.75 Å². The molecule has 7 nitrogen and oxygen atoms in total. The molecule has 8 heteroatoms. The molecule has 0 heterocycles. The van der Waals surface area contributed by atoms with Crippen LogP contribution in [0.2, 0.25) is 0 Å². The maximum absolute atomic E-state index is 12.4. The molecular weight excluding hydrogens is 330 g/mol. The van der Waals surface area contributed by atoms with Gasteiger partial charge in [0.2, 0.25) is 0 Å². The van der Waals surface area contributed by atoms with Gasteiger partial charge in [-0.1, -0.05) is 28.9 Å². The molecule has 2 aromatic rings. The number of aryl methyl sites for hydroxylation is 2. The molecule has 0 saturated carbocycles. The van der Waals surface area contributed by atoms with Crippen molar-refractivity contribution in [2.24, 2.45) is 5.11 Å². The van der Waals surface area contributed by atoms with Crippen molar-refractivity contribution >= 4 is 15.9 Å². The lowest BCUT2D eigenvalue weighted by atomic mass is 10.1. The first kappa shape index (κ1) is 17.5. The number of hydrogen-bond acceptors (Lipinski definition) is 5. The third-order valence-electron chi connectivity index (χ3n) is 3.22. The molecule has 0 N–H and O–H groups in total. The van der Waals surface area contributed by atoms with Crippen LogP contribution in [-0.4, -0.2) is 20.7 Å². The number of rotatable bonds is 6. The number of carbonyl (C=O) groups excluding carboxylic acids is 1. The molecule has 0 saturated heterocycles. The zero-order valence-corrected chi connectivity index (χ0v) is 13.9. The van der Waals surface area contributed by atoms with E-state index in [4.69, 9.17) is 9.71 Å². The third-order valence-corrected chi connectivity index (χ3v) is 4.47. The molecule has 24 heavy (non-hydrogen) atoms. The van der Waals surface area contributed by atoms with E-state index in [9.17, 15) is 13.2 Å². The zero-order chi connectivity index (χ0) is 17.7. The van der Waals surface area contributed by atoms with Gasteiger partial charge in [0.1, 0.15) is 4.90 Å². The largest absolute Gasteiger partial charge is 0.378 e. The Morgan fingerprint density at radius 2 is 1.75 bits per heavy atom. The van der Waals surface area contributed by atoms with E-state index in [1.807, 2.05) is 6.92 Å². The number of nitrogens with zero attached hydrogens (tertiary/aromatic N) is 3. The first-order valence-electron chi connectivity index (χ1n) is 6.99. The lowest BCUT2D eigenvalue weighted by Crippen LogP contribution is -2.13. The van der Waals surface area contributed by atoms with E-state index in [0.717, 1.165) is 11.1 Å². The van der Waals surface area contributed by atoms with Gasteiger partial charge >= 0.3 is 10.1 Å². The van der Waals surface area contributed by atoms with Gasteiger partial charge in [-0.2, -0.15) is 8.42 Å². The van der Waals surface area contributed by atoms with Gasteiger partial charge in [-0.25, -0.2) is 0 Å². The van der Waals surface area contributed by atoms with Gasteiger partial charge < -0.3 is 4.18 Å². The van der Waals surface area contributed by atoms with Crippen molar-refractivity contribution in [3.63, 3.8) is 0 Å². The van der Waals surface area contributed by atoms with Gasteiger partial charge in [0.15, 0.2) is 11.5 Å². The van der Waals surface area contributed by atoms with E-state index in [1.165, 1.54) is 24.3 Å². The lowest BCUT2D eigenvalue weighted by molar-refractivity contribution is 0.1000. The maximum Gasteiger partial charge on any atom is 0.339 e. The van der Waals surface area contributed by atoms with Crippen molar-refractivity contribution in [1.82, 2.24) is 0 Å². The fraction of sp³-hybridized carbons (Fsp3) is 0.188. The van der Waals surface area contributed by atoms with Crippen molar-refractivity contribution < 1.29 is 17.4 Å². The number of azide groups is 1. The summed E-state index contributed by atoms with van der Waals surface area (Å²) in [5.41, 5.74) is 10.00. The fourth-order valence-corrected chi connectivity index (χ4v) is 2.92. The second-order valence-electron chi connectivity index (χ2n) is 5.16. The van der Waals surface area contributed by atoms with Crippen LogP contribution < -0.4 is 4.18 Å². The van der Waals surface area contributed by atoms with Crippen molar-refractivity contribution in [3.05, 3.63) is 69.6 Å². The Morgan fingerprint density at radius 1 is 1.12 bits per heavy atom. The summed E-state index contributed by atoms with van der Waals surface area (Å²) in [6.45, 7) is 3.16. The quantitative estimate of drug-likeness (QED) is 0.262. The summed E-state index contributed by atoms with van der Waals surface area (Å²) in [6.07, 6.45) is 0. The van der Waals surface area contributed by atoms with Crippen molar-refractivity contribution in [2.45, 2.75) is 18.7 Å². The van der Waals surface area contributed by atoms with Gasteiger partial charge in [-0.05, 0) is 49.2 Å². The van der Waals surface area contributed by atoms with E-state index in [1.54, 1.807) is 25.1 Å². The highest BCUT2D eigenvalue weighted by Crippen LogP contribution is 2.25. The second kappa shape index (κ2) is 7.16. The van der Waals surface area contributed by atoms with Crippen LogP contribution in [0.25, 0.3) is 10.4 Å². The molecule has 2 rings (SSSR count). The topological polar surface area (TPSA) is 109 Å². The van der Waals surface area contributed by atoms with E-state index >= 15 is 0 Å². The molecule has 0 aliphatic rings. The number of benzene rings is 2. The molecule has 0 fully saturated rings. The molecule has 0 atom stereocenters. The minimum Gasteiger partial charge on any atom is -0.378 e. The Kier molecular flexibility index (Phi) is 5.23. The predicted octanol–water partition coefficient (Wildman–Crippen LogP) is 3.56. The molecule has 0 aliphatic carbocycles. The summed E-state index contributed by atoms with van der Waals surface area (Å²) >= 11 is 0. The van der Waals surface area contributed by atoms with E-state index in [2.05, 4.69) is 10.0 Å². The van der Waals surface area contributed by atoms with Crippen LogP contribution >= 0.6 is 0 Å². The Morgan fingerprint density at radius 3 is 2.38 bits per heavy atom. The van der Waals surface area contributed by atoms with Crippen molar-refractivity contribution in [2.75, 3.05) is 6.54 Å². The van der Waals surface area contributed by atoms with Gasteiger partial charge in [-0.15, -0.1) is 0 Å². The van der Waals surface area contributed by atoms with E-state index < -0.39 is 22.4 Å². The zero-order valence-electron chi connectivity index (χ0n) is 13.1. The smallest absolute Gasteiger partial charge is 0.339 e. The molecule has 0 aliphatic heterocycles. The average molecular weight is 345 g/mol. The highest BCUT2D eigenvalue weighted by atomic mass is 32.2. The van der Waals surface area contributed by atoms with Crippen LogP contribution in [0.15, 0.2) is 52.5 Å². The molecule has 0 unspecified atom stereocenters. The van der Waals surface area contributed by atoms with E-state index in [0.29, 0.717) is 0 Å². The summed E-state index contributed by atoms with van der Waals surface area (Å²) in [7, 11) is -4.08. The Balaban J connectivity index is 2.41.